The van der Waals surface area contributed by atoms with Gasteiger partial charge in [0.25, 0.3) is 0 Å². The van der Waals surface area contributed by atoms with Gasteiger partial charge in [-0.3, -0.25) is 9.88 Å². The number of fused-ring (bicyclic) bond motifs is 1. The Kier molecular flexibility index (Phi) is 4.53. The second-order valence-corrected chi connectivity index (χ2v) is 7.36. The fourth-order valence-electron chi connectivity index (χ4n) is 4.33. The lowest BCUT2D eigenvalue weighted by atomic mass is 9.82. The molecule has 1 spiro atoms. The first-order valence-corrected chi connectivity index (χ1v) is 9.12. The van der Waals surface area contributed by atoms with Crippen LogP contribution in [0.15, 0.2) is 36.7 Å². The molecule has 24 heavy (non-hydrogen) atoms. The van der Waals surface area contributed by atoms with Crippen molar-refractivity contribution in [2.24, 2.45) is 0 Å². The van der Waals surface area contributed by atoms with Crippen molar-refractivity contribution >= 4 is 10.8 Å². The van der Waals surface area contributed by atoms with Gasteiger partial charge in [-0.15, -0.1) is 0 Å². The molecule has 2 aliphatic rings. The van der Waals surface area contributed by atoms with Gasteiger partial charge in [-0.25, -0.2) is 0 Å². The van der Waals surface area contributed by atoms with E-state index >= 15 is 0 Å². The van der Waals surface area contributed by atoms with Crippen LogP contribution in [0.3, 0.4) is 0 Å². The van der Waals surface area contributed by atoms with Crippen LogP contribution in [0.2, 0.25) is 0 Å². The first-order valence-electron chi connectivity index (χ1n) is 9.12. The smallest absolute Gasteiger partial charge is 0.0721 e. The average Bonchev–Trinajstić information content (AvgIpc) is 2.63. The topological polar surface area (TPSA) is 37.4 Å². The Hall–Kier alpha value is -1.49. The normalized spacial score (nSPS) is 23.8. The minimum Gasteiger partial charge on any atom is -0.375 e. The molecule has 1 aromatic carbocycles. The molecule has 128 valence electrons. The van der Waals surface area contributed by atoms with Crippen molar-refractivity contribution in [1.82, 2.24) is 15.2 Å². The van der Waals surface area contributed by atoms with Crippen LogP contribution in [0, 0.1) is 0 Å². The van der Waals surface area contributed by atoms with Gasteiger partial charge in [0.1, 0.15) is 0 Å². The highest BCUT2D eigenvalue weighted by Gasteiger charge is 2.39. The number of pyridine rings is 1. The average molecular weight is 325 g/mol. The Morgan fingerprint density at radius 3 is 3.04 bits per heavy atom. The van der Waals surface area contributed by atoms with Crippen LogP contribution in [0.5, 0.6) is 0 Å². The van der Waals surface area contributed by atoms with Gasteiger partial charge in [-0.1, -0.05) is 18.2 Å². The van der Waals surface area contributed by atoms with Gasteiger partial charge in [0.2, 0.25) is 0 Å². The van der Waals surface area contributed by atoms with E-state index in [1.807, 2.05) is 12.4 Å². The van der Waals surface area contributed by atoms with E-state index in [9.17, 15) is 0 Å². The quantitative estimate of drug-likeness (QED) is 0.941. The Morgan fingerprint density at radius 1 is 1.29 bits per heavy atom. The number of nitrogens with one attached hydrogen (secondary N) is 1. The van der Waals surface area contributed by atoms with Crippen LogP contribution >= 0.6 is 0 Å². The van der Waals surface area contributed by atoms with Crippen molar-refractivity contribution < 1.29 is 4.74 Å². The number of ether oxygens (including phenoxy) is 1. The van der Waals surface area contributed by atoms with E-state index in [4.69, 9.17) is 4.74 Å². The first kappa shape index (κ1) is 16.0. The maximum absolute atomic E-state index is 6.23. The van der Waals surface area contributed by atoms with Gasteiger partial charge < -0.3 is 10.1 Å². The van der Waals surface area contributed by atoms with E-state index in [0.29, 0.717) is 6.04 Å². The van der Waals surface area contributed by atoms with Gasteiger partial charge in [-0.05, 0) is 62.8 Å². The van der Waals surface area contributed by atoms with Crippen LogP contribution in [0.1, 0.15) is 31.2 Å². The summed E-state index contributed by atoms with van der Waals surface area (Å²) in [5.74, 6) is 0. The molecule has 0 saturated carbocycles. The number of nitrogens with zero attached hydrogens (tertiary/aromatic N) is 2. The summed E-state index contributed by atoms with van der Waals surface area (Å²) >= 11 is 0. The van der Waals surface area contributed by atoms with Crippen LogP contribution in [-0.2, 0) is 11.3 Å². The number of rotatable bonds is 3. The van der Waals surface area contributed by atoms with E-state index in [1.165, 1.54) is 16.3 Å². The summed E-state index contributed by atoms with van der Waals surface area (Å²) in [6.45, 7) is 4.06. The molecule has 0 radical (unpaired) electrons. The highest BCUT2D eigenvalue weighted by Crippen LogP contribution is 2.35. The van der Waals surface area contributed by atoms with Crippen LogP contribution in [-0.4, -0.2) is 48.3 Å². The highest BCUT2D eigenvalue weighted by atomic mass is 16.5. The minimum atomic E-state index is 0.116. The molecule has 2 saturated heterocycles. The number of hydrogen-bond acceptors (Lipinski definition) is 4. The third-order valence-electron chi connectivity index (χ3n) is 5.80. The predicted molar refractivity (Wildman–Crippen MR) is 97.0 cm³/mol. The zero-order valence-corrected chi connectivity index (χ0v) is 14.5. The zero-order chi connectivity index (χ0) is 16.4. The van der Waals surface area contributed by atoms with Crippen molar-refractivity contribution in [3.05, 3.63) is 42.2 Å². The molecule has 0 amide bonds. The lowest BCUT2D eigenvalue weighted by molar-refractivity contribution is -0.119. The summed E-state index contributed by atoms with van der Waals surface area (Å²) in [6, 6.07) is 9.28. The second kappa shape index (κ2) is 6.79. The van der Waals surface area contributed by atoms with Crippen LogP contribution in [0.25, 0.3) is 10.8 Å². The van der Waals surface area contributed by atoms with Crippen molar-refractivity contribution in [2.45, 2.75) is 43.9 Å². The lowest BCUT2D eigenvalue weighted by Crippen LogP contribution is -2.52. The molecular formula is C20H27N3O. The molecule has 4 rings (SSSR count). The zero-order valence-electron chi connectivity index (χ0n) is 14.5. The minimum absolute atomic E-state index is 0.116. The van der Waals surface area contributed by atoms with Gasteiger partial charge in [0.15, 0.2) is 0 Å². The maximum Gasteiger partial charge on any atom is 0.0721 e. The standard InChI is InChI=1S/C20H27N3O/c1-23(15-17-4-2-3-16-14-22-9-5-19(16)17)18-6-12-24-20(13-18)7-10-21-11-8-20/h2-5,9,14,18,21H,6-8,10-13,15H2,1H3. The van der Waals surface area contributed by atoms with Crippen molar-refractivity contribution in [3.63, 3.8) is 0 Å². The molecule has 3 heterocycles. The summed E-state index contributed by atoms with van der Waals surface area (Å²) in [4.78, 5) is 6.77. The van der Waals surface area contributed by atoms with E-state index < -0.39 is 0 Å². The largest absolute Gasteiger partial charge is 0.375 e. The molecule has 4 heteroatoms. The van der Waals surface area contributed by atoms with E-state index in [2.05, 4.69) is 46.5 Å². The third kappa shape index (κ3) is 3.18. The monoisotopic (exact) mass is 325 g/mol. The SMILES string of the molecule is CN(Cc1cccc2cnccc12)C1CCOC2(CCNCC2)C1. The Bertz CT molecular complexity index is 685. The second-order valence-electron chi connectivity index (χ2n) is 7.36. The van der Waals surface area contributed by atoms with Gasteiger partial charge in [0.05, 0.1) is 5.60 Å². The molecule has 1 aromatic heterocycles. The summed E-state index contributed by atoms with van der Waals surface area (Å²) in [7, 11) is 2.27. The first-order chi connectivity index (χ1) is 11.8. The van der Waals surface area contributed by atoms with Gasteiger partial charge in [-0.2, -0.15) is 0 Å². The number of hydrogen-bond donors (Lipinski definition) is 1. The van der Waals surface area contributed by atoms with Gasteiger partial charge >= 0.3 is 0 Å². The maximum atomic E-state index is 6.23. The van der Waals surface area contributed by atoms with Gasteiger partial charge in [0, 0.05) is 37.0 Å². The molecule has 2 aromatic rings. The number of aromatic nitrogens is 1. The summed E-state index contributed by atoms with van der Waals surface area (Å²) in [5.41, 5.74) is 1.51. The van der Waals surface area contributed by atoms with Crippen molar-refractivity contribution in [3.8, 4) is 0 Å². The molecule has 1 atom stereocenters. The van der Waals surface area contributed by atoms with Crippen LogP contribution in [0.4, 0.5) is 0 Å². The van der Waals surface area contributed by atoms with E-state index in [1.54, 1.807) is 0 Å². The molecular weight excluding hydrogens is 298 g/mol. The predicted octanol–water partition coefficient (Wildman–Crippen LogP) is 2.97. The summed E-state index contributed by atoms with van der Waals surface area (Å²) < 4.78 is 6.23. The molecule has 2 fully saturated rings. The fraction of sp³-hybridized carbons (Fsp3) is 0.550. The highest BCUT2D eigenvalue weighted by molar-refractivity contribution is 5.84. The molecule has 0 aliphatic carbocycles. The van der Waals surface area contributed by atoms with Crippen molar-refractivity contribution in [2.75, 3.05) is 26.7 Å². The Balaban J connectivity index is 1.50. The summed E-state index contributed by atoms with van der Waals surface area (Å²) in [5, 5.41) is 6.01. The molecule has 4 nitrogen and oxygen atoms in total. The fourth-order valence-corrected chi connectivity index (χ4v) is 4.33. The number of benzene rings is 1. The Labute approximate surface area is 144 Å². The van der Waals surface area contributed by atoms with E-state index in [0.717, 1.165) is 51.9 Å². The molecule has 2 aliphatic heterocycles. The molecule has 1 N–H and O–H groups in total. The summed E-state index contributed by atoms with van der Waals surface area (Å²) in [6.07, 6.45) is 8.45. The lowest BCUT2D eigenvalue weighted by Gasteiger charge is -2.46. The third-order valence-corrected chi connectivity index (χ3v) is 5.80. The van der Waals surface area contributed by atoms with E-state index in [-0.39, 0.29) is 5.60 Å². The van der Waals surface area contributed by atoms with Crippen LogP contribution < -0.4 is 5.32 Å². The molecule has 1 unspecified atom stereocenters. The Morgan fingerprint density at radius 2 is 2.17 bits per heavy atom. The molecule has 0 bridgehead atoms. The van der Waals surface area contributed by atoms with Crippen molar-refractivity contribution in [1.29, 1.82) is 0 Å². The number of piperidine rings is 1.